The maximum Gasteiger partial charge on any atom is 0.335 e. The fourth-order valence-electron chi connectivity index (χ4n) is 2.80. The van der Waals surface area contributed by atoms with E-state index in [9.17, 15) is 19.2 Å². The van der Waals surface area contributed by atoms with Crippen molar-refractivity contribution in [3.05, 3.63) is 69.6 Å². The van der Waals surface area contributed by atoms with Crippen molar-refractivity contribution >= 4 is 46.5 Å². The molecule has 3 amide bonds. The average molecular weight is 410 g/mol. The van der Waals surface area contributed by atoms with E-state index in [4.69, 9.17) is 5.11 Å². The Labute approximate surface area is 171 Å². The van der Waals surface area contributed by atoms with Crippen LogP contribution in [-0.2, 0) is 9.59 Å². The predicted octanol–water partition coefficient (Wildman–Crippen LogP) is 3.68. The van der Waals surface area contributed by atoms with Gasteiger partial charge in [0.1, 0.15) is 6.54 Å². The summed E-state index contributed by atoms with van der Waals surface area (Å²) in [5, 5.41) is 11.1. The molecule has 8 heteroatoms. The highest BCUT2D eigenvalue weighted by Gasteiger charge is 2.36. The van der Waals surface area contributed by atoms with Gasteiger partial charge in [0, 0.05) is 5.69 Å². The number of nitrogens with zero attached hydrogens (tertiary/aromatic N) is 1. The van der Waals surface area contributed by atoms with Crippen LogP contribution < -0.4 is 5.32 Å². The molecule has 7 nitrogen and oxygen atoms in total. The second-order valence-electron chi connectivity index (χ2n) is 6.56. The molecule has 0 aliphatic carbocycles. The van der Waals surface area contributed by atoms with Crippen molar-refractivity contribution in [1.29, 1.82) is 0 Å². The molecule has 1 aliphatic heterocycles. The highest BCUT2D eigenvalue weighted by atomic mass is 32.2. The molecule has 148 valence electrons. The van der Waals surface area contributed by atoms with Crippen molar-refractivity contribution < 1.29 is 24.3 Å². The normalized spacial score (nSPS) is 15.1. The Balaban J connectivity index is 1.69. The maximum absolute atomic E-state index is 12.5. The lowest BCUT2D eigenvalue weighted by atomic mass is 10.1. The van der Waals surface area contributed by atoms with E-state index in [1.54, 1.807) is 18.2 Å². The molecular weight excluding hydrogens is 392 g/mol. The summed E-state index contributed by atoms with van der Waals surface area (Å²) in [5.74, 6) is -2.07. The Morgan fingerprint density at radius 3 is 2.41 bits per heavy atom. The molecule has 2 N–H and O–H groups in total. The smallest absolute Gasteiger partial charge is 0.335 e. The van der Waals surface area contributed by atoms with Gasteiger partial charge >= 0.3 is 5.97 Å². The van der Waals surface area contributed by atoms with Crippen LogP contribution in [0, 0.1) is 13.8 Å². The maximum atomic E-state index is 12.5. The molecule has 2 aromatic rings. The van der Waals surface area contributed by atoms with Gasteiger partial charge in [-0.15, -0.1) is 0 Å². The molecule has 1 fully saturated rings. The summed E-state index contributed by atoms with van der Waals surface area (Å²) >= 11 is 0.743. The van der Waals surface area contributed by atoms with Crippen LogP contribution in [0.2, 0.25) is 0 Å². The summed E-state index contributed by atoms with van der Waals surface area (Å²) in [7, 11) is 0. The number of hydrogen-bond acceptors (Lipinski definition) is 5. The lowest BCUT2D eigenvalue weighted by Gasteiger charge is -2.14. The number of imide groups is 1. The van der Waals surface area contributed by atoms with Gasteiger partial charge in [-0.3, -0.25) is 19.3 Å². The Kier molecular flexibility index (Phi) is 5.84. The summed E-state index contributed by atoms with van der Waals surface area (Å²) in [6.45, 7) is 3.43. The second kappa shape index (κ2) is 8.32. The number of carbonyl (C=O) groups excluding carboxylic acids is 3. The van der Waals surface area contributed by atoms with Crippen LogP contribution in [-0.4, -0.2) is 39.6 Å². The number of rotatable bonds is 5. The van der Waals surface area contributed by atoms with Crippen molar-refractivity contribution in [2.75, 3.05) is 11.9 Å². The van der Waals surface area contributed by atoms with Gasteiger partial charge in [0.2, 0.25) is 5.91 Å². The summed E-state index contributed by atoms with van der Waals surface area (Å²) in [5.41, 5.74) is 3.28. The zero-order chi connectivity index (χ0) is 21.1. The number of carboxylic acids is 1. The van der Waals surface area contributed by atoms with Crippen LogP contribution in [0.1, 0.15) is 27.0 Å². The van der Waals surface area contributed by atoms with Gasteiger partial charge in [0.15, 0.2) is 0 Å². The fraction of sp³-hybridized carbons (Fsp3) is 0.143. The van der Waals surface area contributed by atoms with Crippen molar-refractivity contribution in [3.8, 4) is 0 Å². The molecule has 0 radical (unpaired) electrons. The first-order valence-electron chi connectivity index (χ1n) is 8.70. The minimum absolute atomic E-state index is 0.123. The molecule has 1 saturated heterocycles. The summed E-state index contributed by atoms with van der Waals surface area (Å²) in [6, 6.07) is 11.5. The summed E-state index contributed by atoms with van der Waals surface area (Å²) in [4.78, 5) is 49.0. The quantitative estimate of drug-likeness (QED) is 0.729. The first-order chi connectivity index (χ1) is 13.7. The van der Waals surface area contributed by atoms with E-state index in [2.05, 4.69) is 5.32 Å². The number of carboxylic acid groups (broad SMARTS) is 1. The molecule has 3 rings (SSSR count). The van der Waals surface area contributed by atoms with Crippen molar-refractivity contribution in [2.24, 2.45) is 0 Å². The molecule has 0 unspecified atom stereocenters. The molecule has 29 heavy (non-hydrogen) atoms. The van der Waals surface area contributed by atoms with Gasteiger partial charge in [0.25, 0.3) is 11.1 Å². The van der Waals surface area contributed by atoms with E-state index in [1.807, 2.05) is 26.0 Å². The van der Waals surface area contributed by atoms with Gasteiger partial charge in [-0.25, -0.2) is 4.79 Å². The van der Waals surface area contributed by atoms with E-state index in [-0.39, 0.29) is 17.0 Å². The number of aromatic carboxylic acids is 1. The average Bonchev–Trinajstić information content (AvgIpc) is 2.92. The SMILES string of the molecule is Cc1ccc(NC(=O)CN2C(=O)S/C(=C\c3ccc(C(=O)O)cc3)C2=O)c(C)c1. The second-order valence-corrected chi connectivity index (χ2v) is 7.55. The van der Waals surface area contributed by atoms with E-state index in [0.29, 0.717) is 11.3 Å². The van der Waals surface area contributed by atoms with Crippen molar-refractivity contribution in [3.63, 3.8) is 0 Å². The molecule has 0 aromatic heterocycles. The molecular formula is C21H18N2O5S. The number of nitrogens with one attached hydrogen (secondary N) is 1. The standard InChI is InChI=1S/C21H18N2O5S/c1-12-3-8-16(13(2)9-12)22-18(24)11-23-19(25)17(29-21(23)28)10-14-4-6-15(7-5-14)20(26)27/h3-10H,11H2,1-2H3,(H,22,24)(H,26,27)/b17-10-. The number of hydrogen-bond donors (Lipinski definition) is 2. The first kappa shape index (κ1) is 20.3. The topological polar surface area (TPSA) is 104 Å². The van der Waals surface area contributed by atoms with Gasteiger partial charge in [-0.2, -0.15) is 0 Å². The molecule has 1 aliphatic rings. The third-order valence-corrected chi connectivity index (χ3v) is 5.19. The molecule has 2 aromatic carbocycles. The third-order valence-electron chi connectivity index (χ3n) is 4.29. The molecule has 1 heterocycles. The Morgan fingerprint density at radius 2 is 1.79 bits per heavy atom. The summed E-state index contributed by atoms with van der Waals surface area (Å²) < 4.78 is 0. The Morgan fingerprint density at radius 1 is 1.10 bits per heavy atom. The third kappa shape index (κ3) is 4.72. The Hall–Kier alpha value is -3.39. The van der Waals surface area contributed by atoms with Gasteiger partial charge < -0.3 is 10.4 Å². The molecule has 0 spiro atoms. The zero-order valence-electron chi connectivity index (χ0n) is 15.8. The number of carbonyl (C=O) groups is 4. The largest absolute Gasteiger partial charge is 0.478 e. The van der Waals surface area contributed by atoms with Crippen LogP contribution in [0.3, 0.4) is 0 Å². The number of aryl methyl sites for hydroxylation is 2. The van der Waals surface area contributed by atoms with Crippen LogP contribution in [0.5, 0.6) is 0 Å². The summed E-state index contributed by atoms with van der Waals surface area (Å²) in [6.07, 6.45) is 1.50. The van der Waals surface area contributed by atoms with E-state index >= 15 is 0 Å². The zero-order valence-corrected chi connectivity index (χ0v) is 16.6. The van der Waals surface area contributed by atoms with Crippen LogP contribution in [0.15, 0.2) is 47.4 Å². The lowest BCUT2D eigenvalue weighted by molar-refractivity contribution is -0.127. The van der Waals surface area contributed by atoms with Crippen molar-refractivity contribution in [1.82, 2.24) is 4.90 Å². The van der Waals surface area contributed by atoms with Gasteiger partial charge in [-0.1, -0.05) is 29.8 Å². The van der Waals surface area contributed by atoms with Crippen molar-refractivity contribution in [2.45, 2.75) is 13.8 Å². The number of anilines is 1. The molecule has 0 atom stereocenters. The molecule has 0 bridgehead atoms. The van der Waals surface area contributed by atoms with Gasteiger partial charge in [-0.05, 0) is 61.0 Å². The van der Waals surface area contributed by atoms with E-state index < -0.39 is 23.0 Å². The number of benzene rings is 2. The molecule has 0 saturated carbocycles. The van der Waals surface area contributed by atoms with E-state index in [0.717, 1.165) is 27.8 Å². The fourth-order valence-corrected chi connectivity index (χ4v) is 3.64. The highest BCUT2D eigenvalue weighted by molar-refractivity contribution is 8.18. The van der Waals surface area contributed by atoms with Gasteiger partial charge in [0.05, 0.1) is 10.5 Å². The lowest BCUT2D eigenvalue weighted by Crippen LogP contribution is -2.36. The Bertz CT molecular complexity index is 1040. The monoisotopic (exact) mass is 410 g/mol. The first-order valence-corrected chi connectivity index (χ1v) is 9.52. The van der Waals surface area contributed by atoms with Crippen LogP contribution in [0.25, 0.3) is 6.08 Å². The minimum atomic E-state index is -1.05. The van der Waals surface area contributed by atoms with Crippen LogP contribution >= 0.6 is 11.8 Å². The number of thioether (sulfide) groups is 1. The predicted molar refractivity (Wildman–Crippen MR) is 111 cm³/mol. The van der Waals surface area contributed by atoms with Crippen LogP contribution in [0.4, 0.5) is 10.5 Å². The minimum Gasteiger partial charge on any atom is -0.478 e. The highest BCUT2D eigenvalue weighted by Crippen LogP contribution is 2.32. The van der Waals surface area contributed by atoms with E-state index in [1.165, 1.54) is 18.2 Å². The number of amides is 3.